The van der Waals surface area contributed by atoms with Crippen LogP contribution in [0, 0.1) is 0 Å². The van der Waals surface area contributed by atoms with Crippen molar-refractivity contribution in [3.8, 4) is 5.75 Å². The number of ether oxygens (including phenoxy) is 1. The van der Waals surface area contributed by atoms with Gasteiger partial charge in [-0.3, -0.25) is 4.99 Å². The SMILES string of the molecule is CCOc1cc(Cl)ccc1CNC(=NC)NC(C)(C)C.I. The van der Waals surface area contributed by atoms with Crippen LogP contribution in [-0.2, 0) is 6.54 Å². The molecular weight excluding hydrogens is 401 g/mol. The zero-order valence-corrected chi connectivity index (χ0v) is 16.4. The number of aliphatic imine (C=N–C) groups is 1. The highest BCUT2D eigenvalue weighted by Crippen LogP contribution is 2.23. The normalized spacial score (nSPS) is 11.6. The molecule has 0 amide bonds. The summed E-state index contributed by atoms with van der Waals surface area (Å²) in [4.78, 5) is 4.21. The molecule has 0 aromatic heterocycles. The molecule has 0 bridgehead atoms. The number of nitrogens with zero attached hydrogens (tertiary/aromatic N) is 1. The van der Waals surface area contributed by atoms with Crippen LogP contribution in [0.3, 0.4) is 0 Å². The summed E-state index contributed by atoms with van der Waals surface area (Å²) in [7, 11) is 1.76. The second-order valence-electron chi connectivity index (χ2n) is 5.49. The Labute approximate surface area is 149 Å². The molecule has 6 heteroatoms. The standard InChI is InChI=1S/C15H24ClN3O.HI/c1-6-20-13-9-12(16)8-7-11(13)10-18-14(17-5)19-15(2,3)4;/h7-9H,6,10H2,1-5H3,(H2,17,18,19);1H. The van der Waals surface area contributed by atoms with E-state index in [1.165, 1.54) is 0 Å². The largest absolute Gasteiger partial charge is 0.493 e. The van der Waals surface area contributed by atoms with Gasteiger partial charge in [0.1, 0.15) is 5.75 Å². The summed E-state index contributed by atoms with van der Waals surface area (Å²) in [5.41, 5.74) is 1.01. The summed E-state index contributed by atoms with van der Waals surface area (Å²) >= 11 is 5.99. The lowest BCUT2D eigenvalue weighted by Gasteiger charge is -2.24. The predicted octanol–water partition coefficient (Wildman–Crippen LogP) is 3.82. The second-order valence-corrected chi connectivity index (χ2v) is 5.92. The van der Waals surface area contributed by atoms with Crippen LogP contribution in [0.2, 0.25) is 5.02 Å². The summed E-state index contributed by atoms with van der Waals surface area (Å²) in [5.74, 6) is 1.56. The van der Waals surface area contributed by atoms with Crippen LogP contribution in [0.1, 0.15) is 33.3 Å². The van der Waals surface area contributed by atoms with Gasteiger partial charge in [-0.1, -0.05) is 17.7 Å². The fourth-order valence-electron chi connectivity index (χ4n) is 1.68. The van der Waals surface area contributed by atoms with Gasteiger partial charge in [-0.05, 0) is 39.8 Å². The average molecular weight is 426 g/mol. The number of benzene rings is 1. The topological polar surface area (TPSA) is 45.6 Å². The van der Waals surface area contributed by atoms with E-state index in [-0.39, 0.29) is 29.5 Å². The minimum atomic E-state index is -0.0371. The number of nitrogens with one attached hydrogen (secondary N) is 2. The predicted molar refractivity (Wildman–Crippen MR) is 101 cm³/mol. The van der Waals surface area contributed by atoms with Crippen molar-refractivity contribution in [2.24, 2.45) is 4.99 Å². The first-order chi connectivity index (χ1) is 9.35. The molecule has 120 valence electrons. The third-order valence-electron chi connectivity index (χ3n) is 2.49. The van der Waals surface area contributed by atoms with Crippen molar-refractivity contribution in [3.63, 3.8) is 0 Å². The molecule has 0 radical (unpaired) electrons. The number of halogens is 2. The third-order valence-corrected chi connectivity index (χ3v) is 2.73. The Morgan fingerprint density at radius 3 is 2.52 bits per heavy atom. The first-order valence-corrected chi connectivity index (χ1v) is 7.13. The molecule has 0 spiro atoms. The smallest absolute Gasteiger partial charge is 0.191 e. The van der Waals surface area contributed by atoms with E-state index in [0.717, 1.165) is 17.3 Å². The molecule has 1 rings (SSSR count). The Balaban J connectivity index is 0.00000400. The van der Waals surface area contributed by atoms with E-state index in [9.17, 15) is 0 Å². The van der Waals surface area contributed by atoms with Crippen molar-refractivity contribution < 1.29 is 4.74 Å². The molecular formula is C15H25ClIN3O. The highest BCUT2D eigenvalue weighted by Gasteiger charge is 2.12. The van der Waals surface area contributed by atoms with Gasteiger partial charge in [-0.25, -0.2) is 0 Å². The van der Waals surface area contributed by atoms with Gasteiger partial charge in [0, 0.05) is 29.7 Å². The highest BCUT2D eigenvalue weighted by molar-refractivity contribution is 14.0. The molecule has 0 aliphatic carbocycles. The molecule has 0 saturated heterocycles. The Kier molecular flexibility index (Phi) is 9.04. The maximum Gasteiger partial charge on any atom is 0.191 e. The van der Waals surface area contributed by atoms with E-state index >= 15 is 0 Å². The van der Waals surface area contributed by atoms with E-state index in [0.29, 0.717) is 18.2 Å². The number of hydrogen-bond donors (Lipinski definition) is 2. The van der Waals surface area contributed by atoms with Crippen molar-refractivity contribution in [2.45, 2.75) is 39.8 Å². The fourth-order valence-corrected chi connectivity index (χ4v) is 1.84. The van der Waals surface area contributed by atoms with Gasteiger partial charge in [0.25, 0.3) is 0 Å². The minimum Gasteiger partial charge on any atom is -0.493 e. The lowest BCUT2D eigenvalue weighted by Crippen LogP contribution is -2.47. The van der Waals surface area contributed by atoms with Crippen LogP contribution >= 0.6 is 35.6 Å². The molecule has 0 aliphatic heterocycles. The number of hydrogen-bond acceptors (Lipinski definition) is 2. The lowest BCUT2D eigenvalue weighted by molar-refractivity contribution is 0.336. The Hall–Kier alpha value is -0.690. The van der Waals surface area contributed by atoms with Crippen molar-refractivity contribution in [2.75, 3.05) is 13.7 Å². The Morgan fingerprint density at radius 1 is 1.33 bits per heavy atom. The van der Waals surface area contributed by atoms with Gasteiger partial charge in [-0.15, -0.1) is 24.0 Å². The monoisotopic (exact) mass is 425 g/mol. The first-order valence-electron chi connectivity index (χ1n) is 6.75. The van der Waals surface area contributed by atoms with Crippen molar-refractivity contribution in [1.29, 1.82) is 0 Å². The molecule has 0 atom stereocenters. The molecule has 2 N–H and O–H groups in total. The number of rotatable bonds is 4. The molecule has 0 heterocycles. The van der Waals surface area contributed by atoms with E-state index in [1.54, 1.807) is 7.05 Å². The van der Waals surface area contributed by atoms with E-state index in [2.05, 4.69) is 36.4 Å². The summed E-state index contributed by atoms with van der Waals surface area (Å²) in [6.45, 7) is 9.47. The van der Waals surface area contributed by atoms with Gasteiger partial charge in [0.15, 0.2) is 5.96 Å². The molecule has 21 heavy (non-hydrogen) atoms. The molecule has 0 saturated carbocycles. The molecule has 1 aromatic rings. The lowest BCUT2D eigenvalue weighted by atomic mass is 10.1. The zero-order chi connectivity index (χ0) is 15.2. The molecule has 4 nitrogen and oxygen atoms in total. The van der Waals surface area contributed by atoms with E-state index in [4.69, 9.17) is 16.3 Å². The first kappa shape index (κ1) is 20.3. The Bertz CT molecular complexity index is 472. The van der Waals surface area contributed by atoms with E-state index in [1.807, 2.05) is 25.1 Å². The van der Waals surface area contributed by atoms with E-state index < -0.39 is 0 Å². The summed E-state index contributed by atoms with van der Waals surface area (Å²) in [6.07, 6.45) is 0. The molecule has 0 unspecified atom stereocenters. The molecule has 0 aliphatic rings. The van der Waals surface area contributed by atoms with Crippen LogP contribution in [-0.4, -0.2) is 25.2 Å². The minimum absolute atomic E-state index is 0. The second kappa shape index (κ2) is 9.35. The van der Waals surface area contributed by atoms with Crippen LogP contribution in [0.25, 0.3) is 0 Å². The van der Waals surface area contributed by atoms with Gasteiger partial charge in [0.05, 0.1) is 6.61 Å². The zero-order valence-electron chi connectivity index (χ0n) is 13.3. The van der Waals surface area contributed by atoms with Crippen LogP contribution < -0.4 is 15.4 Å². The Morgan fingerprint density at radius 2 is 2.00 bits per heavy atom. The van der Waals surface area contributed by atoms with Gasteiger partial charge in [-0.2, -0.15) is 0 Å². The molecule has 0 fully saturated rings. The maximum atomic E-state index is 5.99. The van der Waals surface area contributed by atoms with Crippen molar-refractivity contribution in [3.05, 3.63) is 28.8 Å². The summed E-state index contributed by atoms with van der Waals surface area (Å²) in [6, 6.07) is 5.66. The average Bonchev–Trinajstić information content (AvgIpc) is 2.35. The summed E-state index contributed by atoms with van der Waals surface area (Å²) in [5, 5.41) is 7.26. The third kappa shape index (κ3) is 7.76. The van der Waals surface area contributed by atoms with Crippen LogP contribution in [0.15, 0.2) is 23.2 Å². The quantitative estimate of drug-likeness (QED) is 0.438. The summed E-state index contributed by atoms with van der Waals surface area (Å²) < 4.78 is 5.60. The van der Waals surface area contributed by atoms with Gasteiger partial charge in [0.2, 0.25) is 0 Å². The van der Waals surface area contributed by atoms with Crippen LogP contribution in [0.4, 0.5) is 0 Å². The highest BCUT2D eigenvalue weighted by atomic mass is 127. The van der Waals surface area contributed by atoms with Gasteiger partial charge < -0.3 is 15.4 Å². The van der Waals surface area contributed by atoms with Crippen molar-refractivity contribution in [1.82, 2.24) is 10.6 Å². The fraction of sp³-hybridized carbons (Fsp3) is 0.533. The molecule has 1 aromatic carbocycles. The van der Waals surface area contributed by atoms with Gasteiger partial charge >= 0.3 is 0 Å². The number of guanidine groups is 1. The maximum absolute atomic E-state index is 5.99. The van der Waals surface area contributed by atoms with Crippen molar-refractivity contribution >= 4 is 41.5 Å². The van der Waals surface area contributed by atoms with Crippen LogP contribution in [0.5, 0.6) is 5.75 Å².